The molecule has 6 rings (SSSR count). The number of pyridine rings is 1. The van der Waals surface area contributed by atoms with E-state index in [1.54, 1.807) is 23.2 Å². The van der Waals surface area contributed by atoms with Crippen LogP contribution in [0.4, 0.5) is 8.78 Å². The van der Waals surface area contributed by atoms with Crippen molar-refractivity contribution >= 4 is 26.7 Å². The van der Waals surface area contributed by atoms with Crippen LogP contribution in [0, 0.1) is 19.8 Å². The second-order valence-corrected chi connectivity index (χ2v) is 10.3. The second-order valence-electron chi connectivity index (χ2n) is 10.3. The van der Waals surface area contributed by atoms with Crippen LogP contribution in [0.25, 0.3) is 33.3 Å². The molecule has 10 heteroatoms. The maximum absolute atomic E-state index is 13.9. The Morgan fingerprint density at radius 1 is 1.00 bits per heavy atom. The van der Waals surface area contributed by atoms with Gasteiger partial charge >= 0.3 is 0 Å². The van der Waals surface area contributed by atoms with Gasteiger partial charge in [0.2, 0.25) is 5.92 Å². The Balaban J connectivity index is 1.49. The first-order valence-electron chi connectivity index (χ1n) is 12.4. The number of aromatic nitrogens is 5. The molecule has 36 heavy (non-hydrogen) atoms. The van der Waals surface area contributed by atoms with Crippen LogP contribution in [0.2, 0.25) is 0 Å². The molecule has 2 aliphatic rings. The van der Waals surface area contributed by atoms with Crippen LogP contribution in [-0.4, -0.2) is 46.3 Å². The van der Waals surface area contributed by atoms with Gasteiger partial charge in [0.25, 0.3) is 0 Å². The van der Waals surface area contributed by atoms with Gasteiger partial charge in [-0.15, -0.1) is 0 Å². The van der Waals surface area contributed by atoms with Gasteiger partial charge in [-0.25, -0.2) is 18.7 Å². The lowest BCUT2D eigenvalue weighted by molar-refractivity contribution is -0.0498. The van der Waals surface area contributed by atoms with Crippen molar-refractivity contribution in [3.63, 3.8) is 0 Å². The number of hydrogen-bond donors (Lipinski definition) is 0. The van der Waals surface area contributed by atoms with Crippen LogP contribution in [-0.2, 0) is 5.34 Å². The Labute approximate surface area is 210 Å². The van der Waals surface area contributed by atoms with Crippen LogP contribution < -0.4 is 0 Å². The van der Waals surface area contributed by atoms with Gasteiger partial charge in [0.15, 0.2) is 0 Å². The highest BCUT2D eigenvalue weighted by molar-refractivity contribution is 6.38. The van der Waals surface area contributed by atoms with Gasteiger partial charge < -0.3 is 9.09 Å². The summed E-state index contributed by atoms with van der Waals surface area (Å²) in [7, 11) is 13.5. The molecule has 6 nitrogen and oxygen atoms in total. The molecular weight excluding hydrogens is 458 g/mol. The maximum Gasteiger partial charge on any atom is 0.248 e. The van der Waals surface area contributed by atoms with Crippen molar-refractivity contribution in [1.29, 1.82) is 0 Å². The van der Waals surface area contributed by atoms with Crippen molar-refractivity contribution < 1.29 is 13.3 Å². The summed E-state index contributed by atoms with van der Waals surface area (Å²) in [5.41, 5.74) is 5.40. The largest absolute Gasteiger partial charge is 0.361 e. The molecule has 180 valence electrons. The van der Waals surface area contributed by atoms with Crippen molar-refractivity contribution in [1.82, 2.24) is 24.7 Å². The molecule has 4 radical (unpaired) electrons. The summed E-state index contributed by atoms with van der Waals surface area (Å²) < 4.78 is 34.9. The lowest BCUT2D eigenvalue weighted by atomic mass is 9.52. The molecule has 4 aromatic heterocycles. The number of nitrogens with zero attached hydrogens (tertiary/aromatic N) is 5. The van der Waals surface area contributed by atoms with Gasteiger partial charge in [-0.1, -0.05) is 5.16 Å². The molecule has 0 N–H and O–H groups in total. The third kappa shape index (κ3) is 3.95. The van der Waals surface area contributed by atoms with Crippen LogP contribution in [0.1, 0.15) is 61.7 Å². The monoisotopic (exact) mass is 483 g/mol. The van der Waals surface area contributed by atoms with Crippen molar-refractivity contribution in [2.75, 3.05) is 0 Å². The SMILES string of the molecule is [B]C([B])(C1CCC(F)(F)CC1)n1cc(-c2cnc(C3CC3)nc2)c2ncc(-c3c(C)noc3C)cc21. The average molecular weight is 483 g/mol. The summed E-state index contributed by atoms with van der Waals surface area (Å²) in [5.74, 6) is -1.02. The maximum atomic E-state index is 13.9. The Hall–Kier alpha value is -3.03. The molecule has 0 atom stereocenters. The van der Waals surface area contributed by atoms with Crippen LogP contribution in [0.5, 0.6) is 0 Å². The summed E-state index contributed by atoms with van der Waals surface area (Å²) in [6, 6.07) is 1.96. The molecule has 4 aromatic rings. The Morgan fingerprint density at radius 3 is 2.28 bits per heavy atom. The number of fused-ring (bicyclic) bond motifs is 1. The quantitative estimate of drug-likeness (QED) is 0.355. The average Bonchev–Trinajstić information content (AvgIpc) is 3.55. The molecule has 0 aromatic carbocycles. The van der Waals surface area contributed by atoms with E-state index >= 15 is 0 Å². The topological polar surface area (TPSA) is 69.6 Å². The molecule has 0 amide bonds. The number of alkyl halides is 2. The minimum atomic E-state index is -2.67. The molecule has 0 bridgehead atoms. The molecular formula is C26H25B2F2N5O. The zero-order valence-corrected chi connectivity index (χ0v) is 20.3. The normalized spacial score (nSPS) is 18.7. The third-order valence-electron chi connectivity index (χ3n) is 7.68. The van der Waals surface area contributed by atoms with Crippen LogP contribution >= 0.6 is 0 Å². The smallest absolute Gasteiger partial charge is 0.248 e. The first-order valence-corrected chi connectivity index (χ1v) is 12.4. The van der Waals surface area contributed by atoms with E-state index in [4.69, 9.17) is 25.2 Å². The number of hydrogen-bond acceptors (Lipinski definition) is 5. The molecule has 4 heterocycles. The fourth-order valence-corrected chi connectivity index (χ4v) is 5.40. The summed E-state index contributed by atoms with van der Waals surface area (Å²) in [6.07, 6.45) is 9.52. The van der Waals surface area contributed by atoms with Gasteiger partial charge in [0, 0.05) is 65.8 Å². The zero-order chi connectivity index (χ0) is 25.2. The third-order valence-corrected chi connectivity index (χ3v) is 7.68. The highest BCUT2D eigenvalue weighted by atomic mass is 19.3. The lowest BCUT2D eigenvalue weighted by Crippen LogP contribution is -2.45. The highest BCUT2D eigenvalue weighted by Crippen LogP contribution is 2.44. The van der Waals surface area contributed by atoms with E-state index in [0.29, 0.717) is 22.7 Å². The molecule has 0 spiro atoms. The van der Waals surface area contributed by atoms with Crippen molar-refractivity contribution in [3.8, 4) is 22.3 Å². The number of rotatable bonds is 5. The predicted molar refractivity (Wildman–Crippen MR) is 134 cm³/mol. The Morgan fingerprint density at radius 2 is 1.67 bits per heavy atom. The van der Waals surface area contributed by atoms with Crippen molar-refractivity contribution in [2.45, 2.75) is 69.6 Å². The first kappa shape index (κ1) is 23.4. The van der Waals surface area contributed by atoms with E-state index in [0.717, 1.165) is 46.6 Å². The van der Waals surface area contributed by atoms with Crippen LogP contribution in [0.3, 0.4) is 0 Å². The predicted octanol–water partition coefficient (Wildman–Crippen LogP) is 5.42. The summed E-state index contributed by atoms with van der Waals surface area (Å²) >= 11 is 0. The minimum absolute atomic E-state index is 0.223. The fourth-order valence-electron chi connectivity index (χ4n) is 5.40. The van der Waals surface area contributed by atoms with E-state index < -0.39 is 11.3 Å². The van der Waals surface area contributed by atoms with Gasteiger partial charge in [-0.05, 0) is 56.9 Å². The van der Waals surface area contributed by atoms with Gasteiger partial charge in [0.05, 0.1) is 32.4 Å². The number of aryl methyl sites for hydroxylation is 2. The summed E-state index contributed by atoms with van der Waals surface area (Å²) in [4.78, 5) is 13.9. The van der Waals surface area contributed by atoms with E-state index in [9.17, 15) is 8.78 Å². The summed E-state index contributed by atoms with van der Waals surface area (Å²) in [5, 5.41) is 2.68. The molecule has 2 saturated carbocycles. The molecule has 0 unspecified atom stereocenters. The summed E-state index contributed by atoms with van der Waals surface area (Å²) in [6.45, 7) is 3.72. The van der Waals surface area contributed by atoms with E-state index in [1.165, 1.54) is 0 Å². The molecule has 2 fully saturated rings. The minimum Gasteiger partial charge on any atom is -0.361 e. The first-order chi connectivity index (χ1) is 17.1. The Bertz CT molecular complexity index is 1410. The fraction of sp³-hybridized carbons (Fsp3) is 0.462. The van der Waals surface area contributed by atoms with Crippen molar-refractivity contribution in [3.05, 3.63) is 48.1 Å². The van der Waals surface area contributed by atoms with Crippen LogP contribution in [0.15, 0.2) is 35.4 Å². The zero-order valence-electron chi connectivity index (χ0n) is 20.3. The van der Waals surface area contributed by atoms with Gasteiger partial charge in [-0.3, -0.25) is 4.98 Å². The number of halogens is 2. The molecule has 0 aliphatic heterocycles. The second kappa shape index (κ2) is 8.25. The highest BCUT2D eigenvalue weighted by Gasteiger charge is 2.41. The van der Waals surface area contributed by atoms with E-state index in [-0.39, 0.29) is 31.6 Å². The van der Waals surface area contributed by atoms with Gasteiger partial charge in [0.1, 0.15) is 11.6 Å². The standard InChI is InChI=1S/C26H25B2F2N5O/c1-14-22(15(2)36-34-14)17-9-21-23(31-10-17)20(18-11-32-24(33-12-18)16-3-4-16)13-35(21)26(27,28)19-5-7-25(29,30)8-6-19/h9-13,16,19H,3-8H2,1-2H3. The lowest BCUT2D eigenvalue weighted by Gasteiger charge is -2.42. The van der Waals surface area contributed by atoms with E-state index in [1.807, 2.05) is 26.1 Å². The van der Waals surface area contributed by atoms with E-state index in [2.05, 4.69) is 15.1 Å². The Kier molecular flexibility index (Phi) is 5.36. The molecule has 0 saturated heterocycles. The van der Waals surface area contributed by atoms with Gasteiger partial charge in [-0.2, -0.15) is 0 Å². The molecule has 2 aliphatic carbocycles. The van der Waals surface area contributed by atoms with Crippen molar-refractivity contribution in [2.24, 2.45) is 5.92 Å².